The SMILES string of the molecule is COC[C@H]1C[C@@H](/C=N/C=C(\N)c2ccc(-c3ccc4c(ccc5nc([C@@H]6CC[C@H](C)N6C(=O)[C@@H](NC(=O)OC)[C@@H](C)OC)[nH]c54)c3)c3c2CCC3)N(C(=O)OC(C)(C)C)C1. The number of likely N-dealkylation sites (tertiary alicyclic amines) is 2. The van der Waals surface area contributed by atoms with Crippen molar-refractivity contribution in [2.24, 2.45) is 16.6 Å². The average molecular weight is 822 g/mol. The van der Waals surface area contributed by atoms with Crippen LogP contribution >= 0.6 is 0 Å². The van der Waals surface area contributed by atoms with Crippen molar-refractivity contribution in [1.82, 2.24) is 25.1 Å². The van der Waals surface area contributed by atoms with Crippen molar-refractivity contribution in [2.45, 2.75) is 109 Å². The summed E-state index contributed by atoms with van der Waals surface area (Å²) in [6, 6.07) is 13.4. The van der Waals surface area contributed by atoms with Crippen LogP contribution in [-0.2, 0) is 36.6 Å². The minimum Gasteiger partial charge on any atom is -0.453 e. The fourth-order valence-electron chi connectivity index (χ4n) is 9.16. The van der Waals surface area contributed by atoms with Crippen LogP contribution < -0.4 is 11.1 Å². The normalized spacial score (nSPS) is 21.8. The van der Waals surface area contributed by atoms with Crippen molar-refractivity contribution in [3.63, 3.8) is 0 Å². The summed E-state index contributed by atoms with van der Waals surface area (Å²) in [7, 11) is 4.46. The number of aromatic amines is 1. The first kappa shape index (κ1) is 42.6. The van der Waals surface area contributed by atoms with Crippen LogP contribution in [0.3, 0.4) is 0 Å². The van der Waals surface area contributed by atoms with E-state index >= 15 is 0 Å². The van der Waals surface area contributed by atoms with Crippen LogP contribution in [-0.4, -0.2) is 108 Å². The number of carbonyl (C=O) groups is 3. The molecule has 3 heterocycles. The molecular weight excluding hydrogens is 763 g/mol. The van der Waals surface area contributed by atoms with Crippen LogP contribution in [0.5, 0.6) is 0 Å². The minimum atomic E-state index is -0.916. The number of hydrogen-bond donors (Lipinski definition) is 3. The molecule has 3 aliphatic rings. The number of carbonyl (C=O) groups excluding carboxylic acids is 3. The van der Waals surface area contributed by atoms with E-state index in [1.54, 1.807) is 31.3 Å². The van der Waals surface area contributed by atoms with Gasteiger partial charge >= 0.3 is 12.2 Å². The molecule has 3 aromatic carbocycles. The molecule has 320 valence electrons. The Morgan fingerprint density at radius 2 is 1.85 bits per heavy atom. The highest BCUT2D eigenvalue weighted by Gasteiger charge is 2.42. The Kier molecular flexibility index (Phi) is 12.5. The first-order valence-electron chi connectivity index (χ1n) is 21.0. The zero-order valence-corrected chi connectivity index (χ0v) is 36.0. The monoisotopic (exact) mass is 821 g/mol. The van der Waals surface area contributed by atoms with Gasteiger partial charge in [0.2, 0.25) is 5.91 Å². The molecule has 0 unspecified atom stereocenters. The molecule has 2 saturated heterocycles. The van der Waals surface area contributed by atoms with E-state index < -0.39 is 23.8 Å². The lowest BCUT2D eigenvalue weighted by Gasteiger charge is -2.33. The zero-order chi connectivity index (χ0) is 42.9. The van der Waals surface area contributed by atoms with Gasteiger partial charge in [0.15, 0.2) is 0 Å². The van der Waals surface area contributed by atoms with Crippen molar-refractivity contribution >= 4 is 51.8 Å². The van der Waals surface area contributed by atoms with Gasteiger partial charge < -0.3 is 39.9 Å². The number of alkyl carbamates (subject to hydrolysis) is 1. The first-order chi connectivity index (χ1) is 28.7. The van der Waals surface area contributed by atoms with Crippen molar-refractivity contribution in [2.75, 3.05) is 34.5 Å². The molecule has 2 aliphatic heterocycles. The number of nitrogens with zero attached hydrogens (tertiary/aromatic N) is 4. The molecule has 0 spiro atoms. The number of rotatable bonds is 11. The van der Waals surface area contributed by atoms with E-state index in [1.165, 1.54) is 30.9 Å². The Bertz CT molecular complexity index is 2310. The number of ether oxygens (including phenoxy) is 4. The van der Waals surface area contributed by atoms with Gasteiger partial charge in [-0.15, -0.1) is 0 Å². The van der Waals surface area contributed by atoms with E-state index in [0.717, 1.165) is 71.5 Å². The van der Waals surface area contributed by atoms with Gasteiger partial charge in [-0.3, -0.25) is 14.7 Å². The van der Waals surface area contributed by atoms with Gasteiger partial charge in [-0.25, -0.2) is 14.6 Å². The van der Waals surface area contributed by atoms with Gasteiger partial charge in [-0.1, -0.05) is 30.3 Å². The largest absolute Gasteiger partial charge is 0.453 e. The summed E-state index contributed by atoms with van der Waals surface area (Å²) in [4.78, 5) is 56.0. The summed E-state index contributed by atoms with van der Waals surface area (Å²) in [5.41, 5.74) is 14.3. The molecule has 1 aliphatic carbocycles. The highest BCUT2D eigenvalue weighted by molar-refractivity contribution is 6.05. The average Bonchev–Trinajstić information content (AvgIpc) is 4.04. The number of benzene rings is 3. The molecule has 6 atom stereocenters. The van der Waals surface area contributed by atoms with Gasteiger partial charge in [-0.2, -0.15) is 0 Å². The molecule has 60 heavy (non-hydrogen) atoms. The van der Waals surface area contributed by atoms with E-state index in [0.29, 0.717) is 24.7 Å². The maximum Gasteiger partial charge on any atom is 0.410 e. The van der Waals surface area contributed by atoms with Crippen molar-refractivity contribution in [3.8, 4) is 11.1 Å². The van der Waals surface area contributed by atoms with Gasteiger partial charge in [0, 0.05) is 49.9 Å². The number of H-pyrrole nitrogens is 1. The number of methoxy groups -OCH3 is 3. The molecule has 4 N–H and O–H groups in total. The summed E-state index contributed by atoms with van der Waals surface area (Å²) in [5, 5.41) is 4.78. The topological polar surface area (TPSA) is 174 Å². The highest BCUT2D eigenvalue weighted by atomic mass is 16.6. The number of nitrogens with two attached hydrogens (primary N) is 1. The number of amides is 3. The second-order valence-electron chi connectivity index (χ2n) is 17.4. The standard InChI is InChI=1S/C46H59N7O7/c1-26-12-19-39(53(26)43(54)40(27(2)58-7)51-44(55)59-8)42-49-38-18-14-30-21-29(13-15-33(30)41(38)50-42)32-16-17-36(35-11-9-10-34(32)35)37(47)23-48-22-31-20-28(25-57-6)24-52(31)45(56)60-46(3,4)5/h13-18,21-23,26-28,31,39-40H,9-12,19-20,24-25,47H2,1-8H3,(H,49,50)(H,51,55)/b37-23-,48-22+/t26-,27+,28-,31-,39-,40-/m0/s1. The lowest BCUT2D eigenvalue weighted by Crippen LogP contribution is -2.55. The molecule has 0 saturated carbocycles. The third-order valence-corrected chi connectivity index (χ3v) is 12.1. The molecule has 14 nitrogen and oxygen atoms in total. The maximum absolute atomic E-state index is 14.0. The maximum atomic E-state index is 14.0. The van der Waals surface area contributed by atoms with Crippen molar-refractivity contribution < 1.29 is 33.3 Å². The Balaban J connectivity index is 1.13. The second-order valence-corrected chi connectivity index (χ2v) is 17.4. The van der Waals surface area contributed by atoms with Crippen LogP contribution in [0.2, 0.25) is 0 Å². The summed E-state index contributed by atoms with van der Waals surface area (Å²) in [6.07, 6.45) is 7.07. The summed E-state index contributed by atoms with van der Waals surface area (Å²) in [5.74, 6) is 0.667. The molecule has 4 aromatic rings. The van der Waals surface area contributed by atoms with Gasteiger partial charge in [0.05, 0.1) is 54.8 Å². The molecule has 0 bridgehead atoms. The predicted octanol–water partition coefficient (Wildman–Crippen LogP) is 7.28. The first-order valence-corrected chi connectivity index (χ1v) is 21.0. The summed E-state index contributed by atoms with van der Waals surface area (Å²) < 4.78 is 21.4. The number of nitrogens with one attached hydrogen (secondary N) is 2. The Morgan fingerprint density at radius 1 is 1.07 bits per heavy atom. The second kappa shape index (κ2) is 17.6. The molecule has 0 radical (unpaired) electrons. The molecule has 3 amide bonds. The number of fused-ring (bicyclic) bond motifs is 4. The molecular formula is C46H59N7O7. The Hall–Kier alpha value is -5.47. The van der Waals surface area contributed by atoms with E-state index in [2.05, 4.69) is 51.7 Å². The van der Waals surface area contributed by atoms with E-state index in [-0.39, 0.29) is 36.0 Å². The van der Waals surface area contributed by atoms with Crippen LogP contribution in [0.15, 0.2) is 53.7 Å². The van der Waals surface area contributed by atoms with Crippen LogP contribution in [0.4, 0.5) is 9.59 Å². The van der Waals surface area contributed by atoms with E-state index in [4.69, 9.17) is 29.7 Å². The third kappa shape index (κ3) is 8.71. The Labute approximate surface area is 351 Å². The van der Waals surface area contributed by atoms with Gasteiger partial charge in [0.25, 0.3) is 0 Å². The third-order valence-electron chi connectivity index (χ3n) is 12.1. The summed E-state index contributed by atoms with van der Waals surface area (Å²) in [6.45, 7) is 10.5. The molecule has 14 heteroatoms. The van der Waals surface area contributed by atoms with E-state index in [1.807, 2.05) is 38.7 Å². The molecule has 7 rings (SSSR count). The van der Waals surface area contributed by atoms with E-state index in [9.17, 15) is 14.4 Å². The van der Waals surface area contributed by atoms with Crippen LogP contribution in [0.25, 0.3) is 38.6 Å². The van der Waals surface area contributed by atoms with Gasteiger partial charge in [-0.05, 0) is 113 Å². The number of hydrogen-bond acceptors (Lipinski definition) is 10. The highest BCUT2D eigenvalue weighted by Crippen LogP contribution is 2.40. The van der Waals surface area contributed by atoms with Gasteiger partial charge in [0.1, 0.15) is 17.5 Å². The fourth-order valence-corrected chi connectivity index (χ4v) is 9.16. The quantitative estimate of drug-likeness (QED) is 0.131. The number of aliphatic imine (C=N–C) groups is 1. The zero-order valence-electron chi connectivity index (χ0n) is 36.0. The minimum absolute atomic E-state index is 0.0595. The Morgan fingerprint density at radius 3 is 2.58 bits per heavy atom. The number of imidazole rings is 1. The smallest absolute Gasteiger partial charge is 0.410 e. The molecule has 1 aromatic heterocycles. The van der Waals surface area contributed by atoms with Crippen LogP contribution in [0.1, 0.15) is 88.9 Å². The lowest BCUT2D eigenvalue weighted by atomic mass is 9.91. The van der Waals surface area contributed by atoms with Crippen molar-refractivity contribution in [1.29, 1.82) is 0 Å². The molecule has 2 fully saturated rings. The lowest BCUT2D eigenvalue weighted by molar-refractivity contribution is -0.139. The summed E-state index contributed by atoms with van der Waals surface area (Å²) >= 11 is 0. The number of aromatic nitrogens is 2. The van der Waals surface area contributed by atoms with Crippen molar-refractivity contribution in [3.05, 3.63) is 71.2 Å². The van der Waals surface area contributed by atoms with Crippen LogP contribution in [0, 0.1) is 5.92 Å². The predicted molar refractivity (Wildman–Crippen MR) is 233 cm³/mol. The fraction of sp³-hybridized carbons (Fsp3) is 0.500.